The van der Waals surface area contributed by atoms with Gasteiger partial charge >= 0.3 is 0 Å². The molecule has 11 atom stereocenters. The Morgan fingerprint density at radius 1 is 1.16 bits per heavy atom. The summed E-state index contributed by atoms with van der Waals surface area (Å²) in [4.78, 5) is 0. The molecule has 5 nitrogen and oxygen atoms in total. The molecule has 0 aromatic heterocycles. The molecule has 1 heterocycles. The van der Waals surface area contributed by atoms with Crippen LogP contribution >= 0.6 is 0 Å². The van der Waals surface area contributed by atoms with Gasteiger partial charge in [0.25, 0.3) is 0 Å². The van der Waals surface area contributed by atoms with E-state index in [4.69, 9.17) is 4.74 Å². The predicted octanol–water partition coefficient (Wildman–Crippen LogP) is 0.846. The summed E-state index contributed by atoms with van der Waals surface area (Å²) in [5.74, 6) is 0.612. The van der Waals surface area contributed by atoms with Crippen molar-refractivity contribution in [3.8, 4) is 0 Å². The summed E-state index contributed by atoms with van der Waals surface area (Å²) < 4.78 is 5.94. The first-order valence-corrected chi connectivity index (χ1v) is 9.59. The summed E-state index contributed by atoms with van der Waals surface area (Å²) in [6, 6.07) is 0. The van der Waals surface area contributed by atoms with E-state index < -0.39 is 34.9 Å². The zero-order valence-electron chi connectivity index (χ0n) is 15.6. The van der Waals surface area contributed by atoms with Gasteiger partial charge in [-0.15, -0.1) is 0 Å². The highest BCUT2D eigenvalue weighted by atomic mass is 16.6. The summed E-state index contributed by atoms with van der Waals surface area (Å²) in [5.41, 5.74) is -3.01. The maximum atomic E-state index is 11.8. The van der Waals surface area contributed by atoms with Gasteiger partial charge in [-0.1, -0.05) is 26.8 Å². The molecule has 0 aromatic rings. The Kier molecular flexibility index (Phi) is 2.79. The van der Waals surface area contributed by atoms with Crippen LogP contribution in [0.15, 0.2) is 11.6 Å². The van der Waals surface area contributed by atoms with Gasteiger partial charge in [0.1, 0.15) is 23.4 Å². The molecular formula is C20H30O5. The number of rotatable bonds is 0. The van der Waals surface area contributed by atoms with Crippen LogP contribution in [0.1, 0.15) is 41.0 Å². The van der Waals surface area contributed by atoms with Crippen molar-refractivity contribution in [1.82, 2.24) is 0 Å². The van der Waals surface area contributed by atoms with Crippen LogP contribution in [0.4, 0.5) is 0 Å². The van der Waals surface area contributed by atoms with E-state index in [1.54, 1.807) is 6.92 Å². The summed E-state index contributed by atoms with van der Waals surface area (Å²) >= 11 is 0. The minimum atomic E-state index is -1.82. The van der Waals surface area contributed by atoms with Gasteiger partial charge in [0.15, 0.2) is 0 Å². The van der Waals surface area contributed by atoms with Gasteiger partial charge in [-0.3, -0.25) is 0 Å². The average molecular weight is 350 g/mol. The van der Waals surface area contributed by atoms with Crippen molar-refractivity contribution in [2.24, 2.45) is 34.5 Å². The molecule has 1 spiro atoms. The lowest BCUT2D eigenvalue weighted by Gasteiger charge is -2.52. The number of ether oxygens (including phenoxy) is 1. The maximum absolute atomic E-state index is 11.8. The SMILES string of the molecule is CC1=C[C@]23C(O)[C@@H](C4OC4(C)[C@@H](O)[C@]2(O)[C@H]1O)[C@H]1C(C[C@H]3C)C1(C)C. The molecule has 1 saturated heterocycles. The first-order chi connectivity index (χ1) is 11.5. The lowest BCUT2D eigenvalue weighted by molar-refractivity contribution is -0.236. The van der Waals surface area contributed by atoms with E-state index in [2.05, 4.69) is 20.8 Å². The Morgan fingerprint density at radius 2 is 1.80 bits per heavy atom. The van der Waals surface area contributed by atoms with Crippen LogP contribution in [0, 0.1) is 34.5 Å². The minimum Gasteiger partial charge on any atom is -0.392 e. The van der Waals surface area contributed by atoms with E-state index in [0.29, 0.717) is 17.4 Å². The molecule has 0 aromatic carbocycles. The highest BCUT2D eigenvalue weighted by molar-refractivity contribution is 5.42. The van der Waals surface area contributed by atoms with Crippen LogP contribution in [0.25, 0.3) is 0 Å². The van der Waals surface area contributed by atoms with Crippen molar-refractivity contribution in [1.29, 1.82) is 0 Å². The Balaban J connectivity index is 1.77. The second-order valence-corrected chi connectivity index (χ2v) is 10.3. The standard InChI is InChI=1S/C20H30O5/c1-8-7-19-9(2)6-10-12(17(10,3)4)11(14(19)22)15-18(5,25-15)16(23)20(19,24)13(8)21/h7,9-16,21-24H,6H2,1-5H3/t9-,10?,11+,12-,13+,14?,15?,16-,18?,19+,20-/m1/s1. The molecule has 4 N–H and O–H groups in total. The van der Waals surface area contributed by atoms with Crippen LogP contribution in [0.3, 0.4) is 0 Å². The minimum absolute atomic E-state index is 0.0466. The number of aliphatic hydroxyl groups excluding tert-OH is 3. The van der Waals surface area contributed by atoms with Gasteiger partial charge in [-0.05, 0) is 49.0 Å². The molecular weight excluding hydrogens is 320 g/mol. The first kappa shape index (κ1) is 16.7. The lowest BCUT2D eigenvalue weighted by atomic mass is 9.58. The predicted molar refractivity (Wildman–Crippen MR) is 90.5 cm³/mol. The third kappa shape index (κ3) is 1.46. The number of hydrogen-bond acceptors (Lipinski definition) is 5. The van der Waals surface area contributed by atoms with E-state index in [1.165, 1.54) is 0 Å². The second-order valence-electron chi connectivity index (χ2n) is 10.3. The van der Waals surface area contributed by atoms with Crippen LogP contribution in [-0.2, 0) is 4.74 Å². The van der Waals surface area contributed by atoms with Crippen LogP contribution < -0.4 is 0 Å². The van der Waals surface area contributed by atoms with Gasteiger partial charge in [0.05, 0.1) is 17.6 Å². The Bertz CT molecular complexity index is 688. The highest BCUT2D eigenvalue weighted by Crippen LogP contribution is 2.76. The Hall–Kier alpha value is -0.460. The number of aliphatic hydroxyl groups is 4. The van der Waals surface area contributed by atoms with Crippen molar-refractivity contribution in [2.75, 3.05) is 0 Å². The average Bonchev–Trinajstić information content (AvgIpc) is 3.35. The smallest absolute Gasteiger partial charge is 0.135 e. The summed E-state index contributed by atoms with van der Waals surface area (Å²) in [5, 5.41) is 45.5. The van der Waals surface area contributed by atoms with Crippen LogP contribution in [0.5, 0.6) is 0 Å². The maximum Gasteiger partial charge on any atom is 0.135 e. The molecule has 5 rings (SSSR count). The number of fused-ring (bicyclic) bond motifs is 5. The van der Waals surface area contributed by atoms with Crippen molar-refractivity contribution in [2.45, 2.75) is 76.7 Å². The van der Waals surface area contributed by atoms with E-state index in [-0.39, 0.29) is 23.4 Å². The largest absolute Gasteiger partial charge is 0.392 e. The fourth-order valence-electron chi connectivity index (χ4n) is 7.50. The normalized spacial score (nSPS) is 66.5. The topological polar surface area (TPSA) is 93.5 Å². The Labute approximate surface area is 148 Å². The molecule has 5 heteroatoms. The molecule has 1 aliphatic heterocycles. The van der Waals surface area contributed by atoms with E-state index in [1.807, 2.05) is 13.0 Å². The van der Waals surface area contributed by atoms with E-state index >= 15 is 0 Å². The van der Waals surface area contributed by atoms with Crippen molar-refractivity contribution in [3.05, 3.63) is 11.6 Å². The monoisotopic (exact) mass is 350 g/mol. The third-order valence-electron chi connectivity index (χ3n) is 9.04. The van der Waals surface area contributed by atoms with Gasteiger partial charge in [-0.25, -0.2) is 0 Å². The van der Waals surface area contributed by atoms with Gasteiger partial charge in [0.2, 0.25) is 0 Å². The third-order valence-corrected chi connectivity index (χ3v) is 9.04. The number of hydrogen-bond donors (Lipinski definition) is 4. The van der Waals surface area contributed by atoms with Crippen molar-refractivity contribution < 1.29 is 25.2 Å². The van der Waals surface area contributed by atoms with E-state index in [9.17, 15) is 20.4 Å². The summed E-state index contributed by atoms with van der Waals surface area (Å²) in [7, 11) is 0. The molecule has 2 bridgehead atoms. The summed E-state index contributed by atoms with van der Waals surface area (Å²) in [6.07, 6.45) is -0.809. The van der Waals surface area contributed by atoms with Crippen LogP contribution in [0.2, 0.25) is 0 Å². The molecule has 4 fully saturated rings. The highest BCUT2D eigenvalue weighted by Gasteiger charge is 2.84. The van der Waals surface area contributed by atoms with Crippen molar-refractivity contribution in [3.63, 3.8) is 0 Å². The molecule has 25 heavy (non-hydrogen) atoms. The zero-order chi connectivity index (χ0) is 18.3. The fourth-order valence-corrected chi connectivity index (χ4v) is 7.50. The molecule has 140 valence electrons. The second kappa shape index (κ2) is 4.17. The van der Waals surface area contributed by atoms with Gasteiger partial charge in [-0.2, -0.15) is 0 Å². The number of epoxide rings is 1. The molecule has 5 aliphatic rings. The molecule has 0 radical (unpaired) electrons. The molecule has 4 unspecified atom stereocenters. The van der Waals surface area contributed by atoms with Crippen molar-refractivity contribution >= 4 is 0 Å². The molecule has 4 aliphatic carbocycles. The zero-order valence-corrected chi connectivity index (χ0v) is 15.6. The van der Waals surface area contributed by atoms with E-state index in [0.717, 1.165) is 6.42 Å². The lowest BCUT2D eigenvalue weighted by Crippen LogP contribution is -2.68. The quantitative estimate of drug-likeness (QED) is 0.384. The van der Waals surface area contributed by atoms with Crippen LogP contribution in [-0.4, -0.2) is 56.0 Å². The van der Waals surface area contributed by atoms with Gasteiger partial charge in [0, 0.05) is 5.92 Å². The summed E-state index contributed by atoms with van der Waals surface area (Å²) in [6.45, 7) is 10.1. The molecule has 0 amide bonds. The molecule has 3 saturated carbocycles. The fraction of sp³-hybridized carbons (Fsp3) is 0.900. The van der Waals surface area contributed by atoms with Gasteiger partial charge < -0.3 is 25.2 Å². The first-order valence-electron chi connectivity index (χ1n) is 9.59. The Morgan fingerprint density at radius 3 is 2.44 bits per heavy atom.